The van der Waals surface area contributed by atoms with Crippen molar-refractivity contribution in [2.24, 2.45) is 0 Å². The molecule has 104 valence electrons. The molecule has 19 heavy (non-hydrogen) atoms. The smallest absolute Gasteiger partial charge is 0.183 e. The Bertz CT molecular complexity index is 518. The summed E-state index contributed by atoms with van der Waals surface area (Å²) in [5.41, 5.74) is 2.39. The summed E-state index contributed by atoms with van der Waals surface area (Å²) >= 11 is 1.76. The van der Waals surface area contributed by atoms with Crippen LogP contribution < -0.4 is 5.32 Å². The Morgan fingerprint density at radius 1 is 1.26 bits per heavy atom. The minimum atomic E-state index is 0.513. The first-order valence-corrected chi connectivity index (χ1v) is 8.14. The van der Waals surface area contributed by atoms with Gasteiger partial charge in [-0.1, -0.05) is 50.0 Å². The first kappa shape index (κ1) is 14.3. The number of hydrogen-bond donors (Lipinski definition) is 1. The van der Waals surface area contributed by atoms with Crippen molar-refractivity contribution >= 4 is 26.7 Å². The van der Waals surface area contributed by atoms with Crippen molar-refractivity contribution in [3.05, 3.63) is 23.8 Å². The highest BCUT2D eigenvalue weighted by molar-refractivity contribution is 7.22. The number of unbranched alkanes of at least 4 members (excludes halogenated alkanes) is 3. The summed E-state index contributed by atoms with van der Waals surface area (Å²) in [4.78, 5) is 4.67. The number of aryl methyl sites for hydroxylation is 1. The molecule has 0 spiro atoms. The second kappa shape index (κ2) is 6.90. The average molecular weight is 276 g/mol. The van der Waals surface area contributed by atoms with Crippen LogP contribution in [0.25, 0.3) is 10.2 Å². The van der Waals surface area contributed by atoms with Gasteiger partial charge in [-0.15, -0.1) is 0 Å². The Balaban J connectivity index is 1.89. The molecule has 1 aromatic heterocycles. The van der Waals surface area contributed by atoms with Crippen LogP contribution in [0, 0.1) is 6.92 Å². The highest BCUT2D eigenvalue weighted by atomic mass is 32.1. The lowest BCUT2D eigenvalue weighted by molar-refractivity contribution is 0.594. The maximum Gasteiger partial charge on any atom is 0.183 e. The minimum Gasteiger partial charge on any atom is -0.359 e. The normalized spacial score (nSPS) is 12.8. The fourth-order valence-corrected chi connectivity index (χ4v) is 3.22. The Hall–Kier alpha value is -1.09. The highest BCUT2D eigenvalue weighted by Gasteiger charge is 2.07. The molecule has 1 unspecified atom stereocenters. The molecule has 2 rings (SSSR count). The van der Waals surface area contributed by atoms with E-state index in [9.17, 15) is 0 Å². The summed E-state index contributed by atoms with van der Waals surface area (Å²) in [6.45, 7) is 6.62. The van der Waals surface area contributed by atoms with Crippen LogP contribution in [-0.4, -0.2) is 11.0 Å². The van der Waals surface area contributed by atoms with Gasteiger partial charge in [0.1, 0.15) is 0 Å². The van der Waals surface area contributed by atoms with Gasteiger partial charge in [-0.25, -0.2) is 4.98 Å². The number of fused-ring (bicyclic) bond motifs is 1. The summed E-state index contributed by atoms with van der Waals surface area (Å²) in [5, 5.41) is 4.59. The van der Waals surface area contributed by atoms with Gasteiger partial charge < -0.3 is 5.32 Å². The van der Waals surface area contributed by atoms with Crippen molar-refractivity contribution in [2.45, 2.75) is 58.9 Å². The zero-order valence-electron chi connectivity index (χ0n) is 12.2. The van der Waals surface area contributed by atoms with Crippen molar-refractivity contribution in [3.63, 3.8) is 0 Å². The standard InChI is InChI=1S/C16H24N2S/c1-4-5-6-7-8-13(3)17-16-18-14-11-12(2)9-10-15(14)19-16/h9-11,13H,4-8H2,1-3H3,(H,17,18). The number of anilines is 1. The molecule has 0 radical (unpaired) electrons. The molecule has 0 aliphatic rings. The van der Waals surface area contributed by atoms with Crippen molar-refractivity contribution < 1.29 is 0 Å². The first-order valence-electron chi connectivity index (χ1n) is 7.32. The Kier molecular flexibility index (Phi) is 5.20. The molecule has 3 heteroatoms. The molecular formula is C16H24N2S. The number of nitrogens with one attached hydrogen (secondary N) is 1. The molecule has 0 saturated carbocycles. The minimum absolute atomic E-state index is 0.513. The third-order valence-corrected chi connectivity index (χ3v) is 4.37. The summed E-state index contributed by atoms with van der Waals surface area (Å²) in [7, 11) is 0. The fraction of sp³-hybridized carbons (Fsp3) is 0.562. The van der Waals surface area contributed by atoms with Crippen molar-refractivity contribution in [1.82, 2.24) is 4.98 Å². The number of aromatic nitrogens is 1. The van der Waals surface area contributed by atoms with E-state index in [2.05, 4.69) is 49.3 Å². The summed E-state index contributed by atoms with van der Waals surface area (Å²) < 4.78 is 1.27. The molecule has 2 nitrogen and oxygen atoms in total. The van der Waals surface area contributed by atoms with Crippen LogP contribution in [0.3, 0.4) is 0 Å². The largest absolute Gasteiger partial charge is 0.359 e. The topological polar surface area (TPSA) is 24.9 Å². The molecule has 2 aromatic rings. The molecule has 1 heterocycles. The molecule has 0 amide bonds. The molecule has 0 saturated heterocycles. The van der Waals surface area contributed by atoms with Gasteiger partial charge in [0.25, 0.3) is 0 Å². The van der Waals surface area contributed by atoms with E-state index in [1.807, 2.05) is 0 Å². The van der Waals surface area contributed by atoms with E-state index in [-0.39, 0.29) is 0 Å². The lowest BCUT2D eigenvalue weighted by Gasteiger charge is -2.12. The van der Waals surface area contributed by atoms with Crippen molar-refractivity contribution in [2.75, 3.05) is 5.32 Å². The second-order valence-corrected chi connectivity index (χ2v) is 6.42. The van der Waals surface area contributed by atoms with Crippen LogP contribution in [0.1, 0.15) is 51.5 Å². The van der Waals surface area contributed by atoms with Crippen LogP contribution in [0.2, 0.25) is 0 Å². The van der Waals surface area contributed by atoms with Crippen LogP contribution >= 0.6 is 11.3 Å². The number of thiazole rings is 1. The maximum atomic E-state index is 4.67. The third kappa shape index (κ3) is 4.20. The summed E-state index contributed by atoms with van der Waals surface area (Å²) in [6, 6.07) is 6.99. The number of hydrogen-bond acceptors (Lipinski definition) is 3. The zero-order chi connectivity index (χ0) is 13.7. The van der Waals surface area contributed by atoms with Gasteiger partial charge in [0, 0.05) is 6.04 Å². The number of benzene rings is 1. The molecule has 0 fully saturated rings. The van der Waals surface area contributed by atoms with Gasteiger partial charge in [0.05, 0.1) is 10.2 Å². The quantitative estimate of drug-likeness (QED) is 0.687. The van der Waals surface area contributed by atoms with Gasteiger partial charge in [0.15, 0.2) is 5.13 Å². The summed E-state index contributed by atoms with van der Waals surface area (Å²) in [6.07, 6.45) is 6.55. The van der Waals surface area contributed by atoms with Gasteiger partial charge in [-0.2, -0.15) is 0 Å². The van der Waals surface area contributed by atoms with Crippen molar-refractivity contribution in [1.29, 1.82) is 0 Å². The van der Waals surface area contributed by atoms with Gasteiger partial charge in [-0.05, 0) is 38.0 Å². The zero-order valence-corrected chi connectivity index (χ0v) is 13.0. The molecule has 1 aromatic carbocycles. The molecule has 1 atom stereocenters. The Labute approximate surface area is 120 Å². The van der Waals surface area contributed by atoms with Crippen LogP contribution in [-0.2, 0) is 0 Å². The van der Waals surface area contributed by atoms with E-state index < -0.39 is 0 Å². The van der Waals surface area contributed by atoms with Crippen LogP contribution in [0.15, 0.2) is 18.2 Å². The third-order valence-electron chi connectivity index (χ3n) is 3.40. The molecule has 0 aliphatic heterocycles. The maximum absolute atomic E-state index is 4.67. The predicted molar refractivity (Wildman–Crippen MR) is 86.2 cm³/mol. The highest BCUT2D eigenvalue weighted by Crippen LogP contribution is 2.27. The van der Waals surface area contributed by atoms with E-state index in [1.165, 1.54) is 42.4 Å². The lowest BCUT2D eigenvalue weighted by Crippen LogP contribution is -2.14. The molecule has 0 aliphatic carbocycles. The fourth-order valence-electron chi connectivity index (χ4n) is 2.26. The average Bonchev–Trinajstić information content (AvgIpc) is 2.76. The summed E-state index contributed by atoms with van der Waals surface area (Å²) in [5.74, 6) is 0. The van der Waals surface area contributed by atoms with E-state index >= 15 is 0 Å². The van der Waals surface area contributed by atoms with Crippen LogP contribution in [0.4, 0.5) is 5.13 Å². The van der Waals surface area contributed by atoms with Gasteiger partial charge in [0.2, 0.25) is 0 Å². The van der Waals surface area contributed by atoms with E-state index in [1.54, 1.807) is 11.3 Å². The molecule has 1 N–H and O–H groups in total. The van der Waals surface area contributed by atoms with E-state index in [0.717, 1.165) is 10.6 Å². The lowest BCUT2D eigenvalue weighted by atomic mass is 10.1. The Morgan fingerprint density at radius 3 is 2.89 bits per heavy atom. The second-order valence-electron chi connectivity index (χ2n) is 5.38. The van der Waals surface area contributed by atoms with Crippen LogP contribution in [0.5, 0.6) is 0 Å². The number of nitrogens with zero attached hydrogens (tertiary/aromatic N) is 1. The number of rotatable bonds is 7. The van der Waals surface area contributed by atoms with E-state index in [4.69, 9.17) is 0 Å². The van der Waals surface area contributed by atoms with Crippen molar-refractivity contribution in [3.8, 4) is 0 Å². The molecular weight excluding hydrogens is 252 g/mol. The first-order chi connectivity index (χ1) is 9.19. The monoisotopic (exact) mass is 276 g/mol. The van der Waals surface area contributed by atoms with Gasteiger partial charge >= 0.3 is 0 Å². The predicted octanol–water partition coefficient (Wildman–Crippen LogP) is 5.38. The van der Waals surface area contributed by atoms with Gasteiger partial charge in [-0.3, -0.25) is 0 Å². The Morgan fingerprint density at radius 2 is 2.11 bits per heavy atom. The SMILES string of the molecule is CCCCCCC(C)Nc1nc2cc(C)ccc2s1. The van der Waals surface area contributed by atoms with E-state index in [0.29, 0.717) is 6.04 Å². The molecule has 0 bridgehead atoms.